The van der Waals surface area contributed by atoms with Crippen molar-refractivity contribution in [2.75, 3.05) is 12.8 Å². The standard InChI is InChI=1S/C15H14ClN3O2/c1-9-3-5-10(6-4-9)13-11(7-8-12(20)21-2)14(16)19-15(17)18-13/h3-8H,1-2H3,(H2,17,18,19)/b8-7+. The van der Waals surface area contributed by atoms with Crippen LogP contribution in [0.2, 0.25) is 5.15 Å². The van der Waals surface area contributed by atoms with Crippen molar-refractivity contribution in [3.05, 3.63) is 46.6 Å². The summed E-state index contributed by atoms with van der Waals surface area (Å²) >= 11 is 6.11. The van der Waals surface area contributed by atoms with Crippen LogP contribution in [0.5, 0.6) is 0 Å². The zero-order valence-corrected chi connectivity index (χ0v) is 12.4. The van der Waals surface area contributed by atoms with E-state index in [0.29, 0.717) is 11.3 Å². The van der Waals surface area contributed by atoms with Gasteiger partial charge in [-0.1, -0.05) is 41.4 Å². The first-order valence-electron chi connectivity index (χ1n) is 6.17. The number of rotatable bonds is 3. The number of nitrogens with two attached hydrogens (primary N) is 1. The maximum absolute atomic E-state index is 11.2. The molecular weight excluding hydrogens is 290 g/mol. The smallest absolute Gasteiger partial charge is 0.330 e. The van der Waals surface area contributed by atoms with E-state index < -0.39 is 5.97 Å². The van der Waals surface area contributed by atoms with Crippen LogP contribution in [-0.2, 0) is 9.53 Å². The van der Waals surface area contributed by atoms with Crippen LogP contribution >= 0.6 is 11.6 Å². The van der Waals surface area contributed by atoms with Gasteiger partial charge >= 0.3 is 5.97 Å². The maximum atomic E-state index is 11.2. The number of anilines is 1. The van der Waals surface area contributed by atoms with Crippen LogP contribution < -0.4 is 5.73 Å². The van der Waals surface area contributed by atoms with Crippen LogP contribution in [0.4, 0.5) is 5.95 Å². The Hall–Kier alpha value is -2.40. The molecule has 1 heterocycles. The molecule has 2 N–H and O–H groups in total. The van der Waals surface area contributed by atoms with Crippen molar-refractivity contribution >= 4 is 29.6 Å². The number of aryl methyl sites for hydroxylation is 1. The number of carbonyl (C=O) groups is 1. The average Bonchev–Trinajstić information content (AvgIpc) is 2.46. The first-order valence-corrected chi connectivity index (χ1v) is 6.55. The van der Waals surface area contributed by atoms with Crippen molar-refractivity contribution in [1.29, 1.82) is 0 Å². The van der Waals surface area contributed by atoms with Gasteiger partial charge in [0, 0.05) is 17.2 Å². The Bertz CT molecular complexity index is 697. The third-order valence-corrected chi connectivity index (χ3v) is 3.12. The number of nitrogen functional groups attached to an aromatic ring is 1. The predicted molar refractivity (Wildman–Crippen MR) is 82.7 cm³/mol. The molecule has 108 valence electrons. The summed E-state index contributed by atoms with van der Waals surface area (Å²) in [4.78, 5) is 19.4. The molecule has 0 aliphatic rings. The SMILES string of the molecule is COC(=O)/C=C/c1c(Cl)nc(N)nc1-c1ccc(C)cc1. The third-order valence-electron chi connectivity index (χ3n) is 2.83. The summed E-state index contributed by atoms with van der Waals surface area (Å²) in [5, 5.41) is 0.179. The van der Waals surface area contributed by atoms with Crippen LogP contribution in [-0.4, -0.2) is 23.0 Å². The monoisotopic (exact) mass is 303 g/mol. The highest BCUT2D eigenvalue weighted by Crippen LogP contribution is 2.28. The molecule has 2 rings (SSSR count). The second-order valence-electron chi connectivity index (χ2n) is 4.36. The van der Waals surface area contributed by atoms with Gasteiger partial charge in [-0.25, -0.2) is 14.8 Å². The van der Waals surface area contributed by atoms with Crippen molar-refractivity contribution < 1.29 is 9.53 Å². The zero-order valence-electron chi connectivity index (χ0n) is 11.6. The summed E-state index contributed by atoms with van der Waals surface area (Å²) in [5.74, 6) is -0.413. The molecule has 21 heavy (non-hydrogen) atoms. The Kier molecular flexibility index (Phi) is 4.55. The molecule has 0 saturated carbocycles. The van der Waals surface area contributed by atoms with Crippen molar-refractivity contribution in [2.45, 2.75) is 6.92 Å². The molecule has 6 heteroatoms. The minimum Gasteiger partial charge on any atom is -0.466 e. The van der Waals surface area contributed by atoms with E-state index in [4.69, 9.17) is 17.3 Å². The van der Waals surface area contributed by atoms with E-state index in [1.807, 2.05) is 31.2 Å². The Morgan fingerprint density at radius 3 is 2.57 bits per heavy atom. The van der Waals surface area contributed by atoms with E-state index in [0.717, 1.165) is 11.1 Å². The zero-order chi connectivity index (χ0) is 15.4. The Labute approximate surface area is 127 Å². The van der Waals surface area contributed by atoms with Gasteiger partial charge in [-0.2, -0.15) is 0 Å². The maximum Gasteiger partial charge on any atom is 0.330 e. The molecule has 0 radical (unpaired) electrons. The minimum atomic E-state index is -0.488. The van der Waals surface area contributed by atoms with Crippen LogP contribution in [0.1, 0.15) is 11.1 Å². The van der Waals surface area contributed by atoms with Crippen molar-refractivity contribution in [2.24, 2.45) is 0 Å². The highest BCUT2D eigenvalue weighted by Gasteiger charge is 2.12. The van der Waals surface area contributed by atoms with E-state index in [2.05, 4.69) is 14.7 Å². The fourth-order valence-electron chi connectivity index (χ4n) is 1.76. The van der Waals surface area contributed by atoms with Gasteiger partial charge in [0.1, 0.15) is 5.15 Å². The van der Waals surface area contributed by atoms with Crippen molar-refractivity contribution in [1.82, 2.24) is 9.97 Å². The molecule has 0 aliphatic heterocycles. The van der Waals surface area contributed by atoms with Crippen LogP contribution in [0.25, 0.3) is 17.3 Å². The van der Waals surface area contributed by atoms with Gasteiger partial charge in [-0.05, 0) is 13.0 Å². The molecule has 0 amide bonds. The highest BCUT2D eigenvalue weighted by atomic mass is 35.5. The summed E-state index contributed by atoms with van der Waals surface area (Å²) in [5.41, 5.74) is 8.69. The van der Waals surface area contributed by atoms with Gasteiger partial charge < -0.3 is 10.5 Å². The van der Waals surface area contributed by atoms with Crippen LogP contribution in [0.15, 0.2) is 30.3 Å². The molecule has 2 aromatic rings. The Morgan fingerprint density at radius 2 is 1.95 bits per heavy atom. The molecule has 0 aliphatic carbocycles. The number of ether oxygens (including phenoxy) is 1. The van der Waals surface area contributed by atoms with Crippen LogP contribution in [0.3, 0.4) is 0 Å². The number of esters is 1. The molecule has 0 bridgehead atoms. The molecule has 0 unspecified atom stereocenters. The molecule has 0 atom stereocenters. The van der Waals surface area contributed by atoms with Gasteiger partial charge in [0.25, 0.3) is 0 Å². The quantitative estimate of drug-likeness (QED) is 0.536. The van der Waals surface area contributed by atoms with E-state index in [-0.39, 0.29) is 11.1 Å². The first-order chi connectivity index (χ1) is 10.0. The van der Waals surface area contributed by atoms with Crippen molar-refractivity contribution in [3.8, 4) is 11.3 Å². The molecular formula is C15H14ClN3O2. The summed E-state index contributed by atoms with van der Waals surface area (Å²) in [7, 11) is 1.30. The first kappa shape index (κ1) is 15.0. The number of nitrogens with zero attached hydrogens (tertiary/aromatic N) is 2. The lowest BCUT2D eigenvalue weighted by molar-refractivity contribution is -0.134. The van der Waals surface area contributed by atoms with E-state index in [9.17, 15) is 4.79 Å². The fourth-order valence-corrected chi connectivity index (χ4v) is 2.00. The molecule has 0 fully saturated rings. The van der Waals surface area contributed by atoms with E-state index in [1.54, 1.807) is 0 Å². The normalized spacial score (nSPS) is 10.8. The number of aromatic nitrogens is 2. The van der Waals surface area contributed by atoms with Gasteiger partial charge in [0.05, 0.1) is 12.8 Å². The van der Waals surface area contributed by atoms with Crippen LogP contribution in [0, 0.1) is 6.92 Å². The third kappa shape index (κ3) is 3.58. The number of hydrogen-bond acceptors (Lipinski definition) is 5. The van der Waals surface area contributed by atoms with Gasteiger partial charge in [-0.3, -0.25) is 0 Å². The number of halogens is 1. The van der Waals surface area contributed by atoms with E-state index >= 15 is 0 Å². The summed E-state index contributed by atoms with van der Waals surface area (Å²) in [6, 6.07) is 7.72. The number of hydrogen-bond donors (Lipinski definition) is 1. The molecule has 0 saturated heterocycles. The molecule has 0 spiro atoms. The Balaban J connectivity index is 2.55. The van der Waals surface area contributed by atoms with Gasteiger partial charge in [0.15, 0.2) is 0 Å². The molecule has 1 aromatic carbocycles. The van der Waals surface area contributed by atoms with E-state index in [1.165, 1.54) is 19.3 Å². The van der Waals surface area contributed by atoms with Gasteiger partial charge in [0.2, 0.25) is 5.95 Å². The number of methoxy groups -OCH3 is 1. The lowest BCUT2D eigenvalue weighted by Gasteiger charge is -2.08. The topological polar surface area (TPSA) is 78.1 Å². The average molecular weight is 304 g/mol. The van der Waals surface area contributed by atoms with Crippen molar-refractivity contribution in [3.63, 3.8) is 0 Å². The molecule has 1 aromatic heterocycles. The van der Waals surface area contributed by atoms with Gasteiger partial charge in [-0.15, -0.1) is 0 Å². The fraction of sp³-hybridized carbons (Fsp3) is 0.133. The largest absolute Gasteiger partial charge is 0.466 e. The minimum absolute atomic E-state index is 0.0748. The second kappa shape index (κ2) is 6.37. The lowest BCUT2D eigenvalue weighted by atomic mass is 10.1. The number of carbonyl (C=O) groups excluding carboxylic acids is 1. The predicted octanol–water partition coefficient (Wildman–Crippen LogP) is 2.87. The number of benzene rings is 1. The molecule has 5 nitrogen and oxygen atoms in total. The Morgan fingerprint density at radius 1 is 1.29 bits per heavy atom. The lowest BCUT2D eigenvalue weighted by Crippen LogP contribution is -2.01. The summed E-state index contributed by atoms with van der Waals surface area (Å²) < 4.78 is 4.56. The summed E-state index contributed by atoms with van der Waals surface area (Å²) in [6.07, 6.45) is 2.78. The second-order valence-corrected chi connectivity index (χ2v) is 4.72. The highest BCUT2D eigenvalue weighted by molar-refractivity contribution is 6.31. The summed E-state index contributed by atoms with van der Waals surface area (Å²) in [6.45, 7) is 1.99.